The highest BCUT2D eigenvalue weighted by Gasteiger charge is 2.18. The standard InChI is InChI=1S/C22H20N4O3/c1-4-17-13(2)6-5-7-18(17)21-14(3)24-25-20(27)12-19(23-22(21)25)15-8-10-16(11-9-15)26(28)29/h5-12,24H,4H2,1-3H3. The number of benzene rings is 2. The molecule has 7 nitrogen and oxygen atoms in total. The van der Waals surface area contributed by atoms with Crippen LogP contribution in [0, 0.1) is 24.0 Å². The zero-order valence-corrected chi connectivity index (χ0v) is 16.4. The maximum atomic E-state index is 12.7. The predicted molar refractivity (Wildman–Crippen MR) is 112 cm³/mol. The minimum absolute atomic E-state index is 0.00271. The van der Waals surface area contributed by atoms with E-state index in [9.17, 15) is 14.9 Å². The van der Waals surface area contributed by atoms with Gasteiger partial charge in [-0.3, -0.25) is 20.0 Å². The number of nitrogens with one attached hydrogen (secondary N) is 1. The molecule has 0 bridgehead atoms. The van der Waals surface area contributed by atoms with E-state index in [4.69, 9.17) is 4.98 Å². The minimum Gasteiger partial charge on any atom is -0.293 e. The van der Waals surface area contributed by atoms with Gasteiger partial charge in [0.2, 0.25) is 0 Å². The molecule has 2 heterocycles. The Balaban J connectivity index is 1.97. The van der Waals surface area contributed by atoms with Crippen LogP contribution in [-0.2, 0) is 6.42 Å². The van der Waals surface area contributed by atoms with Crippen molar-refractivity contribution < 1.29 is 4.92 Å². The van der Waals surface area contributed by atoms with E-state index in [-0.39, 0.29) is 11.2 Å². The van der Waals surface area contributed by atoms with Gasteiger partial charge in [0.05, 0.1) is 10.6 Å². The Labute approximate surface area is 166 Å². The van der Waals surface area contributed by atoms with Gasteiger partial charge in [-0.2, -0.15) is 0 Å². The lowest BCUT2D eigenvalue weighted by Crippen LogP contribution is -2.14. The molecule has 7 heteroatoms. The van der Waals surface area contributed by atoms with Gasteiger partial charge in [-0.1, -0.05) is 25.1 Å². The van der Waals surface area contributed by atoms with Gasteiger partial charge in [0, 0.05) is 35.0 Å². The Morgan fingerprint density at radius 2 is 1.86 bits per heavy atom. The van der Waals surface area contributed by atoms with Crippen molar-refractivity contribution in [1.29, 1.82) is 0 Å². The van der Waals surface area contributed by atoms with Crippen LogP contribution >= 0.6 is 0 Å². The molecule has 0 radical (unpaired) electrons. The van der Waals surface area contributed by atoms with Crippen LogP contribution in [0.5, 0.6) is 0 Å². The summed E-state index contributed by atoms with van der Waals surface area (Å²) in [6.07, 6.45) is 0.866. The molecule has 4 rings (SSSR count). The van der Waals surface area contributed by atoms with Crippen LogP contribution in [0.2, 0.25) is 0 Å². The van der Waals surface area contributed by atoms with Gasteiger partial charge in [0.15, 0.2) is 5.65 Å². The number of nitro groups is 1. The Morgan fingerprint density at radius 3 is 2.52 bits per heavy atom. The van der Waals surface area contributed by atoms with E-state index in [0.717, 1.165) is 23.2 Å². The van der Waals surface area contributed by atoms with Gasteiger partial charge in [-0.05, 0) is 49.1 Å². The molecule has 2 aromatic heterocycles. The van der Waals surface area contributed by atoms with E-state index in [1.165, 1.54) is 33.8 Å². The van der Waals surface area contributed by atoms with Crippen molar-refractivity contribution in [3.63, 3.8) is 0 Å². The second-order valence-corrected chi connectivity index (χ2v) is 7.01. The van der Waals surface area contributed by atoms with Crippen LogP contribution in [0.15, 0.2) is 53.3 Å². The highest BCUT2D eigenvalue weighted by molar-refractivity contribution is 5.83. The number of aromatic nitrogens is 3. The number of nitrogens with zero attached hydrogens (tertiary/aromatic N) is 3. The summed E-state index contributed by atoms with van der Waals surface area (Å²) in [6, 6.07) is 13.6. The Kier molecular flexibility index (Phi) is 4.50. The maximum Gasteiger partial charge on any atom is 0.273 e. The molecule has 0 fully saturated rings. The van der Waals surface area contributed by atoms with Crippen LogP contribution in [0.3, 0.4) is 0 Å². The van der Waals surface area contributed by atoms with Gasteiger partial charge >= 0.3 is 0 Å². The van der Waals surface area contributed by atoms with Crippen molar-refractivity contribution in [2.45, 2.75) is 27.2 Å². The van der Waals surface area contributed by atoms with Gasteiger partial charge in [-0.15, -0.1) is 0 Å². The van der Waals surface area contributed by atoms with Crippen molar-refractivity contribution in [3.8, 4) is 22.4 Å². The summed E-state index contributed by atoms with van der Waals surface area (Å²) in [5, 5.41) is 14.0. The third kappa shape index (κ3) is 3.10. The number of fused-ring (bicyclic) bond motifs is 1. The van der Waals surface area contributed by atoms with E-state index in [1.54, 1.807) is 12.1 Å². The number of H-pyrrole nitrogens is 1. The summed E-state index contributed by atoms with van der Waals surface area (Å²) in [5.41, 5.74) is 6.66. The summed E-state index contributed by atoms with van der Waals surface area (Å²) in [7, 11) is 0. The third-order valence-electron chi connectivity index (χ3n) is 5.20. The molecule has 0 aliphatic heterocycles. The van der Waals surface area contributed by atoms with Crippen molar-refractivity contribution >= 4 is 11.3 Å². The zero-order chi connectivity index (χ0) is 20.7. The van der Waals surface area contributed by atoms with Gasteiger partial charge < -0.3 is 0 Å². The van der Waals surface area contributed by atoms with E-state index in [1.807, 2.05) is 19.1 Å². The zero-order valence-electron chi connectivity index (χ0n) is 16.4. The SMILES string of the molecule is CCc1c(C)cccc1-c1c(C)[nH]n2c(=O)cc(-c3ccc([N+](=O)[O-])cc3)nc12. The van der Waals surface area contributed by atoms with E-state index in [0.29, 0.717) is 16.9 Å². The number of nitro benzene ring substituents is 1. The number of non-ortho nitro benzene ring substituents is 1. The highest BCUT2D eigenvalue weighted by atomic mass is 16.6. The first-order valence-electron chi connectivity index (χ1n) is 9.36. The molecule has 0 spiro atoms. The molecule has 4 aromatic rings. The first kappa shape index (κ1) is 18.6. The normalized spacial score (nSPS) is 11.1. The van der Waals surface area contributed by atoms with E-state index >= 15 is 0 Å². The fourth-order valence-corrected chi connectivity index (χ4v) is 3.78. The van der Waals surface area contributed by atoms with Crippen LogP contribution in [-0.4, -0.2) is 19.5 Å². The molecule has 0 aliphatic rings. The van der Waals surface area contributed by atoms with Gasteiger partial charge in [0.1, 0.15) is 0 Å². The van der Waals surface area contributed by atoms with Crippen LogP contribution in [0.4, 0.5) is 5.69 Å². The van der Waals surface area contributed by atoms with E-state index < -0.39 is 4.92 Å². The van der Waals surface area contributed by atoms with Crippen molar-refractivity contribution in [3.05, 3.63) is 85.8 Å². The summed E-state index contributed by atoms with van der Waals surface area (Å²) in [4.78, 5) is 27.9. The third-order valence-corrected chi connectivity index (χ3v) is 5.20. The Bertz CT molecular complexity index is 1300. The summed E-state index contributed by atoms with van der Waals surface area (Å²) < 4.78 is 1.45. The fourth-order valence-electron chi connectivity index (χ4n) is 3.78. The maximum absolute atomic E-state index is 12.7. The summed E-state index contributed by atoms with van der Waals surface area (Å²) in [5.74, 6) is 0. The molecule has 0 atom stereocenters. The average molecular weight is 388 g/mol. The molecule has 1 N–H and O–H groups in total. The van der Waals surface area contributed by atoms with Crippen LogP contribution in [0.1, 0.15) is 23.7 Å². The quantitative estimate of drug-likeness (QED) is 0.413. The monoisotopic (exact) mass is 388 g/mol. The summed E-state index contributed by atoms with van der Waals surface area (Å²) in [6.45, 7) is 6.11. The second kappa shape index (κ2) is 7.01. The Hall–Kier alpha value is -3.74. The largest absolute Gasteiger partial charge is 0.293 e. The molecule has 0 amide bonds. The molecular formula is C22H20N4O3. The first-order chi connectivity index (χ1) is 13.9. The summed E-state index contributed by atoms with van der Waals surface area (Å²) >= 11 is 0. The molecule has 2 aromatic carbocycles. The topological polar surface area (TPSA) is 93.3 Å². The highest BCUT2D eigenvalue weighted by Crippen LogP contribution is 2.32. The molecule has 0 unspecified atom stereocenters. The smallest absolute Gasteiger partial charge is 0.273 e. The van der Waals surface area contributed by atoms with Crippen LogP contribution in [0.25, 0.3) is 28.0 Å². The van der Waals surface area contributed by atoms with Crippen molar-refractivity contribution in [1.82, 2.24) is 14.6 Å². The van der Waals surface area contributed by atoms with Crippen LogP contribution < -0.4 is 5.56 Å². The number of hydrogen-bond donors (Lipinski definition) is 1. The molecule has 0 saturated heterocycles. The Morgan fingerprint density at radius 1 is 1.14 bits per heavy atom. The fraction of sp³-hybridized carbons (Fsp3) is 0.182. The number of aromatic amines is 1. The van der Waals surface area contributed by atoms with Crippen molar-refractivity contribution in [2.24, 2.45) is 0 Å². The average Bonchev–Trinajstić information content (AvgIpc) is 3.04. The lowest BCUT2D eigenvalue weighted by atomic mass is 9.94. The lowest BCUT2D eigenvalue weighted by Gasteiger charge is -2.11. The lowest BCUT2D eigenvalue weighted by molar-refractivity contribution is -0.384. The molecule has 0 aliphatic carbocycles. The molecule has 29 heavy (non-hydrogen) atoms. The van der Waals surface area contributed by atoms with Crippen molar-refractivity contribution in [2.75, 3.05) is 0 Å². The number of aryl methyl sites for hydroxylation is 2. The first-order valence-corrected chi connectivity index (χ1v) is 9.36. The number of rotatable bonds is 4. The molecular weight excluding hydrogens is 368 g/mol. The molecule has 0 saturated carbocycles. The molecule has 146 valence electrons. The minimum atomic E-state index is -0.451. The predicted octanol–water partition coefficient (Wildman–Crippen LogP) is 4.44. The van der Waals surface area contributed by atoms with E-state index in [2.05, 4.69) is 25.0 Å². The van der Waals surface area contributed by atoms with Gasteiger partial charge in [-0.25, -0.2) is 9.50 Å². The number of hydrogen-bond acceptors (Lipinski definition) is 4. The van der Waals surface area contributed by atoms with Gasteiger partial charge in [0.25, 0.3) is 11.2 Å². The second-order valence-electron chi connectivity index (χ2n) is 7.01.